The molecule has 0 N–H and O–H groups in total. The van der Waals surface area contributed by atoms with E-state index in [1.165, 1.54) is 39.0 Å². The summed E-state index contributed by atoms with van der Waals surface area (Å²) < 4.78 is 17.9. The van der Waals surface area contributed by atoms with Gasteiger partial charge in [0.05, 0.1) is 0 Å². The van der Waals surface area contributed by atoms with Crippen molar-refractivity contribution in [2.24, 2.45) is 0 Å². The molecule has 0 bridgehead atoms. The average molecular weight is 238 g/mol. The molecule has 0 fully saturated rings. The highest BCUT2D eigenvalue weighted by Gasteiger charge is 2.32. The van der Waals surface area contributed by atoms with Gasteiger partial charge in [-0.2, -0.15) is 0 Å². The third-order valence-corrected chi connectivity index (χ3v) is 2.38. The first kappa shape index (κ1) is 13.4. The van der Waals surface area contributed by atoms with Crippen LogP contribution >= 0.6 is 0 Å². The lowest BCUT2D eigenvalue weighted by molar-refractivity contribution is -0.149. The van der Waals surface area contributed by atoms with Crippen molar-refractivity contribution in [1.29, 1.82) is 0 Å². The zero-order valence-electron chi connectivity index (χ0n) is 10.3. The highest BCUT2D eigenvalue weighted by atomic mass is 19.1. The van der Waals surface area contributed by atoms with Gasteiger partial charge in [0.15, 0.2) is 5.60 Å². The third-order valence-electron chi connectivity index (χ3n) is 2.38. The number of carbonyl (C=O) groups is 2. The van der Waals surface area contributed by atoms with Gasteiger partial charge in [0.2, 0.25) is 5.78 Å². The fourth-order valence-electron chi connectivity index (χ4n) is 1.61. The van der Waals surface area contributed by atoms with Crippen LogP contribution in [0.25, 0.3) is 0 Å². The van der Waals surface area contributed by atoms with E-state index < -0.39 is 17.4 Å². The summed E-state index contributed by atoms with van der Waals surface area (Å²) in [5, 5.41) is 0. The van der Waals surface area contributed by atoms with E-state index in [0.717, 1.165) is 0 Å². The molecule has 0 saturated carbocycles. The summed E-state index contributed by atoms with van der Waals surface area (Å²) >= 11 is 0. The van der Waals surface area contributed by atoms with Gasteiger partial charge in [-0.15, -0.1) is 0 Å². The van der Waals surface area contributed by atoms with E-state index in [9.17, 15) is 14.0 Å². The zero-order valence-corrected chi connectivity index (χ0v) is 10.3. The summed E-state index contributed by atoms with van der Waals surface area (Å²) in [5.74, 6) is -1.27. The van der Waals surface area contributed by atoms with E-state index in [1.807, 2.05) is 0 Å². The second-order valence-electron chi connectivity index (χ2n) is 4.39. The standard InChI is InChI=1S/C13H15FO3/c1-8-7-10(14)5-6-11(8)12(16)13(3,4)17-9(2)15/h5-7H,1-4H3. The number of aryl methyl sites for hydroxylation is 1. The number of rotatable bonds is 3. The Kier molecular flexibility index (Phi) is 3.66. The lowest BCUT2D eigenvalue weighted by Gasteiger charge is -2.23. The zero-order chi connectivity index (χ0) is 13.2. The van der Waals surface area contributed by atoms with E-state index in [0.29, 0.717) is 11.1 Å². The van der Waals surface area contributed by atoms with Gasteiger partial charge in [-0.25, -0.2) is 4.39 Å². The Morgan fingerprint density at radius 1 is 1.29 bits per heavy atom. The minimum Gasteiger partial charge on any atom is -0.451 e. The normalized spacial score (nSPS) is 11.1. The van der Waals surface area contributed by atoms with Crippen molar-refractivity contribution < 1.29 is 18.7 Å². The van der Waals surface area contributed by atoms with Crippen LogP contribution in [0.1, 0.15) is 36.7 Å². The van der Waals surface area contributed by atoms with Gasteiger partial charge in [-0.05, 0) is 44.5 Å². The lowest BCUT2D eigenvalue weighted by Crippen LogP contribution is -2.37. The van der Waals surface area contributed by atoms with Gasteiger partial charge in [-0.3, -0.25) is 9.59 Å². The topological polar surface area (TPSA) is 43.4 Å². The van der Waals surface area contributed by atoms with Crippen LogP contribution in [0.2, 0.25) is 0 Å². The number of esters is 1. The molecule has 92 valence electrons. The van der Waals surface area contributed by atoms with Gasteiger partial charge >= 0.3 is 5.97 Å². The van der Waals surface area contributed by atoms with Crippen LogP contribution in [-0.4, -0.2) is 17.4 Å². The summed E-state index contributed by atoms with van der Waals surface area (Å²) in [6, 6.07) is 3.89. The Morgan fingerprint density at radius 2 is 1.88 bits per heavy atom. The monoisotopic (exact) mass is 238 g/mol. The molecule has 0 aromatic heterocycles. The quantitative estimate of drug-likeness (QED) is 0.600. The van der Waals surface area contributed by atoms with Crippen molar-refractivity contribution in [3.8, 4) is 0 Å². The Balaban J connectivity index is 3.07. The summed E-state index contributed by atoms with van der Waals surface area (Å²) in [4.78, 5) is 23.0. The van der Waals surface area contributed by atoms with E-state index in [4.69, 9.17) is 4.74 Å². The van der Waals surface area contributed by atoms with Crippen molar-refractivity contribution in [3.63, 3.8) is 0 Å². The number of Topliss-reactive ketones (excluding diaryl/α,β-unsaturated/α-hetero) is 1. The van der Waals surface area contributed by atoms with Crippen LogP contribution in [0.3, 0.4) is 0 Å². The van der Waals surface area contributed by atoms with Crippen molar-refractivity contribution >= 4 is 11.8 Å². The first-order valence-electron chi connectivity index (χ1n) is 5.24. The molecule has 4 heteroatoms. The molecule has 0 radical (unpaired) electrons. The molecule has 0 aliphatic rings. The molecule has 0 heterocycles. The molecular formula is C13H15FO3. The van der Waals surface area contributed by atoms with Crippen molar-refractivity contribution in [2.45, 2.75) is 33.3 Å². The van der Waals surface area contributed by atoms with Gasteiger partial charge in [-0.1, -0.05) is 0 Å². The maximum Gasteiger partial charge on any atom is 0.303 e. The predicted molar refractivity (Wildman–Crippen MR) is 61.3 cm³/mol. The summed E-state index contributed by atoms with van der Waals surface area (Å²) in [6.07, 6.45) is 0. The molecule has 3 nitrogen and oxygen atoms in total. The van der Waals surface area contributed by atoms with Crippen LogP contribution < -0.4 is 0 Å². The SMILES string of the molecule is CC(=O)OC(C)(C)C(=O)c1ccc(F)cc1C. The molecular weight excluding hydrogens is 223 g/mol. The first-order valence-corrected chi connectivity index (χ1v) is 5.24. The second kappa shape index (κ2) is 4.65. The first-order chi connectivity index (χ1) is 7.74. The summed E-state index contributed by atoms with van der Waals surface area (Å²) in [7, 11) is 0. The fourth-order valence-corrected chi connectivity index (χ4v) is 1.61. The molecule has 0 aliphatic carbocycles. The Bertz CT molecular complexity index is 464. The summed E-state index contributed by atoms with van der Waals surface area (Å²) in [6.45, 7) is 5.91. The highest BCUT2D eigenvalue weighted by molar-refractivity contribution is 6.03. The van der Waals surface area contributed by atoms with Crippen LogP contribution in [0.15, 0.2) is 18.2 Å². The smallest absolute Gasteiger partial charge is 0.303 e. The van der Waals surface area contributed by atoms with Crippen molar-refractivity contribution in [3.05, 3.63) is 35.1 Å². The fraction of sp³-hybridized carbons (Fsp3) is 0.385. The molecule has 0 atom stereocenters. The number of carbonyl (C=O) groups excluding carboxylic acids is 2. The highest BCUT2D eigenvalue weighted by Crippen LogP contribution is 2.20. The second-order valence-corrected chi connectivity index (χ2v) is 4.39. The van der Waals surface area contributed by atoms with Crippen molar-refractivity contribution in [2.75, 3.05) is 0 Å². The van der Waals surface area contributed by atoms with E-state index in [-0.39, 0.29) is 5.78 Å². The van der Waals surface area contributed by atoms with Crippen LogP contribution in [0.5, 0.6) is 0 Å². The lowest BCUT2D eigenvalue weighted by atomic mass is 9.93. The third kappa shape index (κ3) is 3.12. The van der Waals surface area contributed by atoms with E-state index in [1.54, 1.807) is 6.92 Å². The van der Waals surface area contributed by atoms with Crippen LogP contribution in [0.4, 0.5) is 4.39 Å². The van der Waals surface area contributed by atoms with Gasteiger partial charge in [0.1, 0.15) is 5.82 Å². The van der Waals surface area contributed by atoms with Gasteiger partial charge in [0, 0.05) is 12.5 Å². The van der Waals surface area contributed by atoms with Crippen LogP contribution in [0, 0.1) is 12.7 Å². The van der Waals surface area contributed by atoms with Gasteiger partial charge in [0.25, 0.3) is 0 Å². The number of benzene rings is 1. The molecule has 0 amide bonds. The maximum atomic E-state index is 12.9. The largest absolute Gasteiger partial charge is 0.451 e. The average Bonchev–Trinajstić information content (AvgIpc) is 2.14. The van der Waals surface area contributed by atoms with E-state index in [2.05, 4.69) is 0 Å². The number of ketones is 1. The number of halogens is 1. The molecule has 1 aromatic rings. The van der Waals surface area contributed by atoms with Gasteiger partial charge < -0.3 is 4.74 Å². The molecule has 0 saturated heterocycles. The van der Waals surface area contributed by atoms with E-state index >= 15 is 0 Å². The number of hydrogen-bond acceptors (Lipinski definition) is 3. The Hall–Kier alpha value is -1.71. The Labute approximate surface area is 99.6 Å². The molecule has 1 rings (SSSR count). The minimum atomic E-state index is -1.24. The predicted octanol–water partition coefficient (Wildman–Crippen LogP) is 2.66. The molecule has 1 aromatic carbocycles. The Morgan fingerprint density at radius 3 is 2.35 bits per heavy atom. The maximum absolute atomic E-state index is 12.9. The summed E-state index contributed by atoms with van der Waals surface area (Å²) in [5.41, 5.74) is -0.359. The molecule has 0 spiro atoms. The van der Waals surface area contributed by atoms with Crippen molar-refractivity contribution in [1.82, 2.24) is 0 Å². The number of ether oxygens (including phenoxy) is 1. The molecule has 0 unspecified atom stereocenters. The number of hydrogen-bond donors (Lipinski definition) is 0. The van der Waals surface area contributed by atoms with Crippen LogP contribution in [-0.2, 0) is 9.53 Å². The molecule has 0 aliphatic heterocycles. The molecule has 17 heavy (non-hydrogen) atoms. The minimum absolute atomic E-state index is 0.342.